The summed E-state index contributed by atoms with van der Waals surface area (Å²) in [5, 5.41) is 0.896. The monoisotopic (exact) mass is 465 g/mol. The van der Waals surface area contributed by atoms with Gasteiger partial charge in [0.1, 0.15) is 25.0 Å². The highest BCUT2D eigenvalue weighted by molar-refractivity contribution is 6.35. The number of nitrogens with zero attached hydrogens (tertiary/aromatic N) is 3. The summed E-state index contributed by atoms with van der Waals surface area (Å²) in [6, 6.07) is 21.7. The molecule has 0 aliphatic rings. The number of benzene rings is 3. The second kappa shape index (κ2) is 9.55. The highest BCUT2D eigenvalue weighted by Crippen LogP contribution is 2.44. The molecule has 1 aromatic heterocycles. The smallest absolute Gasteiger partial charge is 0.324 e. The maximum absolute atomic E-state index is 6.50. The summed E-state index contributed by atoms with van der Waals surface area (Å²) in [5.41, 5.74) is 2.50. The molecule has 0 radical (unpaired) electrons. The Kier molecular flexibility index (Phi) is 6.58. The molecule has 0 saturated carbocycles. The predicted molar refractivity (Wildman–Crippen MR) is 126 cm³/mol. The number of ether oxygens (including phenoxy) is 2. The molecule has 32 heavy (non-hydrogen) atoms. The molecule has 162 valence electrons. The van der Waals surface area contributed by atoms with E-state index in [-0.39, 0.29) is 6.01 Å². The van der Waals surface area contributed by atoms with Crippen molar-refractivity contribution in [3.63, 3.8) is 0 Å². The number of hydrogen-bond donors (Lipinski definition) is 0. The standard InChI is InChI=1S/C25H21Cl2N3O2/c1-25(2,18-8-10-20(11-9-18)31-14-17-6-4-3-5-7-17)21-12-19(26)13-22(27)23(21)32-24-29-15-28-16-30-24/h3-13,15-16H,14H2,1-2H3. The van der Waals surface area contributed by atoms with Crippen LogP contribution in [0.5, 0.6) is 17.5 Å². The number of aromatic nitrogens is 3. The lowest BCUT2D eigenvalue weighted by Gasteiger charge is -2.29. The molecule has 0 atom stereocenters. The van der Waals surface area contributed by atoms with E-state index in [1.54, 1.807) is 6.07 Å². The van der Waals surface area contributed by atoms with Crippen LogP contribution in [0.15, 0.2) is 79.4 Å². The second-order valence-electron chi connectivity index (χ2n) is 7.71. The Bertz CT molecular complexity index is 1190. The van der Waals surface area contributed by atoms with Crippen LogP contribution in [0.1, 0.15) is 30.5 Å². The summed E-state index contributed by atoms with van der Waals surface area (Å²) in [7, 11) is 0. The molecule has 0 aliphatic heterocycles. The average molecular weight is 466 g/mol. The van der Waals surface area contributed by atoms with Crippen molar-refractivity contribution in [1.82, 2.24) is 15.0 Å². The predicted octanol–water partition coefficient (Wildman–Crippen LogP) is 6.88. The zero-order valence-corrected chi connectivity index (χ0v) is 19.1. The van der Waals surface area contributed by atoms with E-state index >= 15 is 0 Å². The third-order valence-corrected chi connectivity index (χ3v) is 5.67. The first kappa shape index (κ1) is 22.1. The summed E-state index contributed by atoms with van der Waals surface area (Å²) < 4.78 is 11.9. The quantitative estimate of drug-likeness (QED) is 0.297. The molecule has 0 N–H and O–H groups in total. The molecule has 0 bridgehead atoms. The Balaban J connectivity index is 1.61. The number of rotatable bonds is 7. The normalized spacial score (nSPS) is 11.2. The Labute approximate surface area is 197 Å². The van der Waals surface area contributed by atoms with E-state index in [0.717, 1.165) is 22.4 Å². The maximum atomic E-state index is 6.50. The lowest BCUT2D eigenvalue weighted by atomic mass is 9.77. The van der Waals surface area contributed by atoms with Gasteiger partial charge in [0.2, 0.25) is 0 Å². The maximum Gasteiger partial charge on any atom is 0.324 e. The number of hydrogen-bond acceptors (Lipinski definition) is 5. The Morgan fingerprint density at radius 1 is 0.875 bits per heavy atom. The Hall–Kier alpha value is -3.15. The van der Waals surface area contributed by atoms with E-state index in [0.29, 0.717) is 22.4 Å². The van der Waals surface area contributed by atoms with Crippen LogP contribution in [0.25, 0.3) is 0 Å². The molecule has 4 rings (SSSR count). The summed E-state index contributed by atoms with van der Waals surface area (Å²) >= 11 is 12.8. The van der Waals surface area contributed by atoms with Gasteiger partial charge in [0.05, 0.1) is 5.02 Å². The number of halogens is 2. The van der Waals surface area contributed by atoms with Gasteiger partial charge in [0.25, 0.3) is 0 Å². The van der Waals surface area contributed by atoms with Gasteiger partial charge in [0.15, 0.2) is 5.75 Å². The summed E-state index contributed by atoms with van der Waals surface area (Å²) in [5.74, 6) is 1.25. The van der Waals surface area contributed by atoms with Crippen molar-refractivity contribution in [2.75, 3.05) is 0 Å². The molecule has 1 heterocycles. The van der Waals surface area contributed by atoms with Crippen molar-refractivity contribution in [2.45, 2.75) is 25.9 Å². The van der Waals surface area contributed by atoms with Gasteiger partial charge < -0.3 is 9.47 Å². The van der Waals surface area contributed by atoms with Crippen molar-refractivity contribution in [1.29, 1.82) is 0 Å². The molecule has 0 saturated heterocycles. The fraction of sp³-hybridized carbons (Fsp3) is 0.160. The lowest BCUT2D eigenvalue weighted by Crippen LogP contribution is -2.20. The van der Waals surface area contributed by atoms with Gasteiger partial charge in [-0.15, -0.1) is 0 Å². The highest BCUT2D eigenvalue weighted by atomic mass is 35.5. The molecule has 4 aromatic rings. The summed E-state index contributed by atoms with van der Waals surface area (Å²) in [6.45, 7) is 4.67. The van der Waals surface area contributed by atoms with Crippen molar-refractivity contribution < 1.29 is 9.47 Å². The molecular weight excluding hydrogens is 445 g/mol. The van der Waals surface area contributed by atoms with Crippen molar-refractivity contribution in [3.8, 4) is 17.5 Å². The molecule has 0 amide bonds. The Morgan fingerprint density at radius 2 is 1.56 bits per heavy atom. The third kappa shape index (κ3) is 5.01. The molecule has 0 spiro atoms. The van der Waals surface area contributed by atoms with Gasteiger partial charge in [0, 0.05) is 16.0 Å². The van der Waals surface area contributed by atoms with E-state index < -0.39 is 5.41 Å². The molecule has 0 aliphatic carbocycles. The highest BCUT2D eigenvalue weighted by Gasteiger charge is 2.29. The SMILES string of the molecule is CC(C)(c1ccc(OCc2ccccc2)cc1)c1cc(Cl)cc(Cl)c1Oc1ncncn1. The second-order valence-corrected chi connectivity index (χ2v) is 8.55. The zero-order chi connectivity index (χ0) is 22.6. The summed E-state index contributed by atoms with van der Waals surface area (Å²) in [4.78, 5) is 11.9. The fourth-order valence-corrected chi connectivity index (χ4v) is 3.90. The van der Waals surface area contributed by atoms with Crippen molar-refractivity contribution in [2.24, 2.45) is 0 Å². The van der Waals surface area contributed by atoms with Crippen LogP contribution in [-0.4, -0.2) is 15.0 Å². The first-order valence-electron chi connectivity index (χ1n) is 10.00. The van der Waals surface area contributed by atoms with E-state index in [1.807, 2.05) is 60.7 Å². The van der Waals surface area contributed by atoms with Crippen LogP contribution < -0.4 is 9.47 Å². The van der Waals surface area contributed by atoms with Gasteiger partial charge in [-0.1, -0.05) is 79.5 Å². The topological polar surface area (TPSA) is 57.1 Å². The van der Waals surface area contributed by atoms with Crippen LogP contribution in [0.2, 0.25) is 10.0 Å². The van der Waals surface area contributed by atoms with Crippen LogP contribution in [-0.2, 0) is 12.0 Å². The van der Waals surface area contributed by atoms with Crippen LogP contribution in [0.3, 0.4) is 0 Å². The first-order chi connectivity index (χ1) is 15.4. The minimum absolute atomic E-state index is 0.158. The van der Waals surface area contributed by atoms with Crippen molar-refractivity contribution in [3.05, 3.63) is 106 Å². The van der Waals surface area contributed by atoms with Gasteiger partial charge in [-0.05, 0) is 35.4 Å². The van der Waals surface area contributed by atoms with Gasteiger partial charge in [-0.3, -0.25) is 0 Å². The molecule has 5 nitrogen and oxygen atoms in total. The molecular formula is C25H21Cl2N3O2. The molecule has 7 heteroatoms. The minimum Gasteiger partial charge on any atom is -0.489 e. The van der Waals surface area contributed by atoms with E-state index in [1.165, 1.54) is 12.7 Å². The van der Waals surface area contributed by atoms with E-state index in [9.17, 15) is 0 Å². The van der Waals surface area contributed by atoms with Gasteiger partial charge in [-0.25, -0.2) is 4.98 Å². The Morgan fingerprint density at radius 3 is 2.25 bits per heavy atom. The van der Waals surface area contributed by atoms with Crippen LogP contribution in [0.4, 0.5) is 0 Å². The van der Waals surface area contributed by atoms with E-state index in [2.05, 4.69) is 28.8 Å². The largest absolute Gasteiger partial charge is 0.489 e. The molecule has 0 fully saturated rings. The lowest BCUT2D eigenvalue weighted by molar-refractivity contribution is 0.306. The summed E-state index contributed by atoms with van der Waals surface area (Å²) in [6.07, 6.45) is 2.73. The molecule has 0 unspecified atom stereocenters. The fourth-order valence-electron chi connectivity index (χ4n) is 3.37. The van der Waals surface area contributed by atoms with Gasteiger partial charge in [-0.2, -0.15) is 9.97 Å². The first-order valence-corrected chi connectivity index (χ1v) is 10.8. The zero-order valence-electron chi connectivity index (χ0n) is 17.6. The van der Waals surface area contributed by atoms with Crippen LogP contribution >= 0.6 is 23.2 Å². The minimum atomic E-state index is -0.477. The molecule has 3 aromatic carbocycles. The van der Waals surface area contributed by atoms with E-state index in [4.69, 9.17) is 32.7 Å². The van der Waals surface area contributed by atoms with Crippen molar-refractivity contribution >= 4 is 23.2 Å². The van der Waals surface area contributed by atoms with Gasteiger partial charge >= 0.3 is 6.01 Å². The average Bonchev–Trinajstić information content (AvgIpc) is 2.81. The van der Waals surface area contributed by atoms with Crippen LogP contribution in [0, 0.1) is 0 Å². The third-order valence-electron chi connectivity index (χ3n) is 5.17.